The molecule has 1 aliphatic rings. The van der Waals surface area contributed by atoms with Crippen molar-refractivity contribution in [3.63, 3.8) is 0 Å². The van der Waals surface area contributed by atoms with Gasteiger partial charge in [0.15, 0.2) is 0 Å². The van der Waals surface area contributed by atoms with Gasteiger partial charge in [0.2, 0.25) is 0 Å². The Morgan fingerprint density at radius 3 is 2.90 bits per heavy atom. The molecule has 1 aromatic heterocycles. The Hall–Kier alpha value is -1.38. The van der Waals surface area contributed by atoms with Crippen LogP contribution in [0.5, 0.6) is 0 Å². The summed E-state index contributed by atoms with van der Waals surface area (Å²) in [6.45, 7) is 1.87. The molecule has 112 valence electrons. The molecule has 2 heterocycles. The first-order valence-corrected chi connectivity index (χ1v) is 7.91. The Bertz CT molecular complexity index is 554. The normalized spacial score (nSPS) is 22.6. The van der Waals surface area contributed by atoms with Crippen LogP contribution in [0.3, 0.4) is 0 Å². The quantitative estimate of drug-likeness (QED) is 0.849. The summed E-state index contributed by atoms with van der Waals surface area (Å²) in [7, 11) is -3.86. The third kappa shape index (κ3) is 3.20. The number of hydrogen-bond acceptors (Lipinski definition) is 4. The van der Waals surface area contributed by atoms with E-state index in [0.29, 0.717) is 18.6 Å². The smallest absolute Gasteiger partial charge is 0.322 e. The lowest BCUT2D eigenvalue weighted by molar-refractivity contribution is -0.142. The predicted molar refractivity (Wildman–Crippen MR) is 71.2 cm³/mol. The molecule has 20 heavy (non-hydrogen) atoms. The molecule has 7 nitrogen and oxygen atoms in total. The van der Waals surface area contributed by atoms with Crippen LogP contribution in [0.4, 0.5) is 0 Å². The van der Waals surface area contributed by atoms with Gasteiger partial charge in [-0.15, -0.1) is 0 Å². The lowest BCUT2D eigenvalue weighted by Crippen LogP contribution is -2.52. The molecule has 1 saturated heterocycles. The van der Waals surface area contributed by atoms with E-state index in [9.17, 15) is 13.2 Å². The van der Waals surface area contributed by atoms with Gasteiger partial charge in [-0.25, -0.2) is 0 Å². The van der Waals surface area contributed by atoms with E-state index in [0.717, 1.165) is 10.7 Å². The molecule has 0 radical (unpaired) electrons. The molecule has 0 aromatic carbocycles. The maximum absolute atomic E-state index is 12.3. The Balaban J connectivity index is 2.14. The van der Waals surface area contributed by atoms with Crippen LogP contribution in [0, 0.1) is 0 Å². The van der Waals surface area contributed by atoms with Crippen LogP contribution >= 0.6 is 0 Å². The highest BCUT2D eigenvalue weighted by molar-refractivity contribution is 7.87. The molecule has 8 heteroatoms. The SMILES string of the molecule is CC(NS(=O)(=O)N1CCCCC1C(=O)O)c1ccco1. The average molecular weight is 302 g/mol. The minimum Gasteiger partial charge on any atom is -0.480 e. The molecule has 1 aromatic rings. The summed E-state index contributed by atoms with van der Waals surface area (Å²) in [6.07, 6.45) is 3.18. The van der Waals surface area contributed by atoms with E-state index in [1.54, 1.807) is 19.1 Å². The van der Waals surface area contributed by atoms with Gasteiger partial charge in [-0.1, -0.05) is 0 Å². The Morgan fingerprint density at radius 2 is 2.30 bits per heavy atom. The topological polar surface area (TPSA) is 99.9 Å². The molecule has 1 fully saturated rings. The van der Waals surface area contributed by atoms with E-state index in [-0.39, 0.29) is 6.54 Å². The molecule has 0 saturated carbocycles. The van der Waals surface area contributed by atoms with Crippen LogP contribution in [-0.2, 0) is 15.0 Å². The first-order chi connectivity index (χ1) is 9.42. The molecule has 1 aliphatic heterocycles. The highest BCUT2D eigenvalue weighted by Crippen LogP contribution is 2.22. The second-order valence-electron chi connectivity index (χ2n) is 4.82. The number of rotatable bonds is 5. The van der Waals surface area contributed by atoms with Crippen LogP contribution in [0.1, 0.15) is 38.0 Å². The molecule has 0 amide bonds. The van der Waals surface area contributed by atoms with Gasteiger partial charge in [0, 0.05) is 6.54 Å². The summed E-state index contributed by atoms with van der Waals surface area (Å²) >= 11 is 0. The monoisotopic (exact) mass is 302 g/mol. The van der Waals surface area contributed by atoms with Gasteiger partial charge < -0.3 is 9.52 Å². The molecule has 0 bridgehead atoms. The van der Waals surface area contributed by atoms with Crippen molar-refractivity contribution in [2.24, 2.45) is 0 Å². The van der Waals surface area contributed by atoms with Crippen molar-refractivity contribution in [1.29, 1.82) is 0 Å². The second-order valence-corrected chi connectivity index (χ2v) is 6.48. The van der Waals surface area contributed by atoms with E-state index in [1.165, 1.54) is 6.26 Å². The van der Waals surface area contributed by atoms with E-state index < -0.39 is 28.3 Å². The Kier molecular flexibility index (Phi) is 4.46. The maximum atomic E-state index is 12.3. The first-order valence-electron chi connectivity index (χ1n) is 6.47. The fourth-order valence-corrected chi connectivity index (χ4v) is 3.92. The maximum Gasteiger partial charge on any atom is 0.322 e. The zero-order chi connectivity index (χ0) is 14.8. The minimum absolute atomic E-state index is 0.219. The van der Waals surface area contributed by atoms with Crippen molar-refractivity contribution in [2.45, 2.75) is 38.3 Å². The number of carboxylic acid groups (broad SMARTS) is 1. The fraction of sp³-hybridized carbons (Fsp3) is 0.583. The number of carbonyl (C=O) groups is 1. The van der Waals surface area contributed by atoms with E-state index >= 15 is 0 Å². The van der Waals surface area contributed by atoms with Gasteiger partial charge in [0.05, 0.1) is 12.3 Å². The van der Waals surface area contributed by atoms with Crippen LogP contribution in [0.15, 0.2) is 22.8 Å². The summed E-state index contributed by atoms with van der Waals surface area (Å²) in [5.74, 6) is -0.627. The lowest BCUT2D eigenvalue weighted by Gasteiger charge is -2.32. The van der Waals surface area contributed by atoms with Crippen LogP contribution < -0.4 is 4.72 Å². The van der Waals surface area contributed by atoms with Crippen molar-refractivity contribution in [3.05, 3.63) is 24.2 Å². The van der Waals surface area contributed by atoms with Crippen molar-refractivity contribution < 1.29 is 22.7 Å². The van der Waals surface area contributed by atoms with Gasteiger partial charge in [-0.2, -0.15) is 17.4 Å². The molecule has 2 unspecified atom stereocenters. The zero-order valence-electron chi connectivity index (χ0n) is 11.2. The van der Waals surface area contributed by atoms with E-state index in [1.807, 2.05) is 0 Å². The number of hydrogen-bond donors (Lipinski definition) is 2. The summed E-state index contributed by atoms with van der Waals surface area (Å²) in [5.41, 5.74) is 0. The third-order valence-corrected chi connectivity index (χ3v) is 5.05. The van der Waals surface area contributed by atoms with Gasteiger partial charge in [0.25, 0.3) is 10.2 Å². The number of nitrogens with one attached hydrogen (secondary N) is 1. The number of piperidine rings is 1. The molecule has 2 rings (SSSR count). The van der Waals surface area contributed by atoms with Gasteiger partial charge in [-0.05, 0) is 38.3 Å². The van der Waals surface area contributed by atoms with Crippen molar-refractivity contribution in [2.75, 3.05) is 6.54 Å². The molecule has 0 aliphatic carbocycles. The van der Waals surface area contributed by atoms with Crippen LogP contribution in [-0.4, -0.2) is 36.4 Å². The number of aliphatic carboxylic acids is 1. The third-order valence-electron chi connectivity index (χ3n) is 3.34. The summed E-state index contributed by atoms with van der Waals surface area (Å²) in [4.78, 5) is 11.2. The van der Waals surface area contributed by atoms with Crippen LogP contribution in [0.25, 0.3) is 0 Å². The van der Waals surface area contributed by atoms with Gasteiger partial charge >= 0.3 is 5.97 Å². The molecular formula is C12H18N2O5S. The largest absolute Gasteiger partial charge is 0.480 e. The van der Waals surface area contributed by atoms with Crippen LogP contribution in [0.2, 0.25) is 0 Å². The van der Waals surface area contributed by atoms with Gasteiger partial charge in [0.1, 0.15) is 11.8 Å². The zero-order valence-corrected chi connectivity index (χ0v) is 12.0. The lowest BCUT2D eigenvalue weighted by atomic mass is 10.1. The predicted octanol–water partition coefficient (Wildman–Crippen LogP) is 1.11. The number of carboxylic acids is 1. The molecular weight excluding hydrogens is 284 g/mol. The van der Waals surface area contributed by atoms with Gasteiger partial charge in [-0.3, -0.25) is 4.79 Å². The second kappa shape index (κ2) is 5.94. The minimum atomic E-state index is -3.86. The van der Waals surface area contributed by atoms with Crippen molar-refractivity contribution in [3.8, 4) is 0 Å². The van der Waals surface area contributed by atoms with E-state index in [4.69, 9.17) is 9.52 Å². The highest BCUT2D eigenvalue weighted by atomic mass is 32.2. The molecule has 2 atom stereocenters. The fourth-order valence-electron chi connectivity index (χ4n) is 2.33. The van der Waals surface area contributed by atoms with Crippen molar-refractivity contribution >= 4 is 16.2 Å². The summed E-state index contributed by atoms with van der Waals surface area (Å²) in [6, 6.07) is 1.79. The number of nitrogens with zero attached hydrogens (tertiary/aromatic N) is 1. The molecule has 0 spiro atoms. The standard InChI is InChI=1S/C12H18N2O5S/c1-9(11-6-4-8-19-11)13-20(17,18)14-7-3-2-5-10(14)12(15)16/h4,6,8-10,13H,2-3,5,7H2,1H3,(H,15,16). The number of furan rings is 1. The Labute approximate surface area is 117 Å². The Morgan fingerprint density at radius 1 is 1.55 bits per heavy atom. The summed E-state index contributed by atoms with van der Waals surface area (Å²) < 4.78 is 33.3. The molecule has 2 N–H and O–H groups in total. The summed E-state index contributed by atoms with van der Waals surface area (Å²) in [5, 5.41) is 9.14. The van der Waals surface area contributed by atoms with Crippen molar-refractivity contribution in [1.82, 2.24) is 9.03 Å². The van der Waals surface area contributed by atoms with E-state index in [2.05, 4.69) is 4.72 Å². The first kappa shape index (κ1) is 15.0. The highest BCUT2D eigenvalue weighted by Gasteiger charge is 2.37. The average Bonchev–Trinajstić information content (AvgIpc) is 2.92.